The Hall–Kier alpha value is -0.880. The molecule has 2 rings (SSSR count). The average Bonchev–Trinajstić information content (AvgIpc) is 2.61. The van der Waals surface area contributed by atoms with E-state index in [0.29, 0.717) is 5.22 Å². The molecule has 4 nitrogen and oxygen atoms in total. The van der Waals surface area contributed by atoms with Crippen LogP contribution in [0, 0.1) is 0 Å². The summed E-state index contributed by atoms with van der Waals surface area (Å²) in [5.74, 6) is 0. The maximum atomic E-state index is 5.06. The minimum Gasteiger partial charge on any atom is -0.440 e. The molecule has 0 atom stereocenters. The molecule has 6 heteroatoms. The monoisotopic (exact) mass is 257 g/mol. The molecule has 2 heterocycles. The molecule has 0 aliphatic carbocycles. The molecule has 0 bridgehead atoms. The SMILES string of the molecule is Brc1cncnc1Sc1ncco1. The number of halogens is 1. The Labute approximate surface area is 86.9 Å². The highest BCUT2D eigenvalue weighted by Gasteiger charge is 2.06. The van der Waals surface area contributed by atoms with Crippen molar-refractivity contribution in [3.05, 3.63) is 29.5 Å². The van der Waals surface area contributed by atoms with Gasteiger partial charge in [-0.3, -0.25) is 0 Å². The van der Waals surface area contributed by atoms with Gasteiger partial charge in [0.2, 0.25) is 0 Å². The first-order chi connectivity index (χ1) is 6.36. The van der Waals surface area contributed by atoms with Gasteiger partial charge in [0.1, 0.15) is 17.6 Å². The van der Waals surface area contributed by atoms with Gasteiger partial charge in [0, 0.05) is 6.20 Å². The molecule has 0 aromatic carbocycles. The summed E-state index contributed by atoms with van der Waals surface area (Å²) < 4.78 is 5.89. The Morgan fingerprint density at radius 1 is 1.38 bits per heavy atom. The van der Waals surface area contributed by atoms with E-state index in [4.69, 9.17) is 4.42 Å². The fraction of sp³-hybridized carbons (Fsp3) is 0. The normalized spacial score (nSPS) is 10.2. The van der Waals surface area contributed by atoms with Crippen LogP contribution in [0.4, 0.5) is 0 Å². The minimum atomic E-state index is 0.569. The van der Waals surface area contributed by atoms with Gasteiger partial charge < -0.3 is 4.42 Å². The Kier molecular flexibility index (Phi) is 2.60. The lowest BCUT2D eigenvalue weighted by Gasteiger charge is -1.96. The topological polar surface area (TPSA) is 51.8 Å². The maximum absolute atomic E-state index is 5.06. The lowest BCUT2D eigenvalue weighted by atomic mass is 10.7. The van der Waals surface area contributed by atoms with Crippen LogP contribution in [0.5, 0.6) is 0 Å². The maximum Gasteiger partial charge on any atom is 0.261 e. The molecule has 2 aromatic heterocycles. The third kappa shape index (κ3) is 2.07. The molecule has 2 aromatic rings. The van der Waals surface area contributed by atoms with Crippen molar-refractivity contribution < 1.29 is 4.42 Å². The second-order valence-electron chi connectivity index (χ2n) is 2.08. The van der Waals surface area contributed by atoms with E-state index in [-0.39, 0.29) is 0 Å². The van der Waals surface area contributed by atoms with Crippen LogP contribution in [0.1, 0.15) is 0 Å². The van der Waals surface area contributed by atoms with Crippen LogP contribution < -0.4 is 0 Å². The van der Waals surface area contributed by atoms with Crippen LogP contribution in [0.25, 0.3) is 0 Å². The summed E-state index contributed by atoms with van der Waals surface area (Å²) >= 11 is 4.67. The van der Waals surface area contributed by atoms with Crippen molar-refractivity contribution in [2.45, 2.75) is 10.2 Å². The van der Waals surface area contributed by atoms with Gasteiger partial charge in [0.15, 0.2) is 0 Å². The number of rotatable bonds is 2. The summed E-state index contributed by atoms with van der Waals surface area (Å²) in [6.07, 6.45) is 6.28. The van der Waals surface area contributed by atoms with E-state index in [1.807, 2.05) is 0 Å². The summed E-state index contributed by atoms with van der Waals surface area (Å²) in [6, 6.07) is 0. The van der Waals surface area contributed by atoms with E-state index < -0.39 is 0 Å². The first-order valence-electron chi connectivity index (χ1n) is 3.39. The van der Waals surface area contributed by atoms with Gasteiger partial charge in [-0.15, -0.1) is 0 Å². The zero-order valence-electron chi connectivity index (χ0n) is 6.35. The Bertz CT molecular complexity index is 392. The van der Waals surface area contributed by atoms with Crippen LogP contribution in [0.15, 0.2) is 44.1 Å². The quantitative estimate of drug-likeness (QED) is 0.774. The highest BCUT2D eigenvalue weighted by atomic mass is 79.9. The Morgan fingerprint density at radius 3 is 3.00 bits per heavy atom. The van der Waals surface area contributed by atoms with Crippen molar-refractivity contribution >= 4 is 27.7 Å². The van der Waals surface area contributed by atoms with E-state index in [2.05, 4.69) is 30.9 Å². The molecule has 0 unspecified atom stereocenters. The molecular formula is C7H4BrN3OS. The van der Waals surface area contributed by atoms with E-state index in [1.54, 1.807) is 12.4 Å². The van der Waals surface area contributed by atoms with Gasteiger partial charge >= 0.3 is 0 Å². The van der Waals surface area contributed by atoms with E-state index in [1.165, 1.54) is 24.4 Å². The average molecular weight is 258 g/mol. The zero-order chi connectivity index (χ0) is 9.10. The predicted octanol–water partition coefficient (Wildman–Crippen LogP) is 2.38. The van der Waals surface area contributed by atoms with Gasteiger partial charge in [-0.1, -0.05) is 0 Å². The van der Waals surface area contributed by atoms with Crippen LogP contribution in [0.3, 0.4) is 0 Å². The number of hydrogen-bond donors (Lipinski definition) is 0. The molecule has 0 saturated carbocycles. The van der Waals surface area contributed by atoms with Crippen molar-refractivity contribution in [2.24, 2.45) is 0 Å². The standard InChI is InChI=1S/C7H4BrN3OS/c8-5-3-9-4-11-6(5)13-7-10-1-2-12-7/h1-4H. The zero-order valence-corrected chi connectivity index (χ0v) is 8.75. The van der Waals surface area contributed by atoms with Crippen LogP contribution >= 0.6 is 27.7 Å². The molecule has 0 aliphatic rings. The number of oxazole rings is 1. The molecule has 0 aliphatic heterocycles. The third-order valence-electron chi connectivity index (χ3n) is 1.23. The minimum absolute atomic E-state index is 0.569. The van der Waals surface area contributed by atoms with Crippen molar-refractivity contribution in [3.8, 4) is 0 Å². The first-order valence-corrected chi connectivity index (χ1v) is 5.00. The molecule has 0 radical (unpaired) electrons. The second kappa shape index (κ2) is 3.89. The van der Waals surface area contributed by atoms with E-state index in [0.717, 1.165) is 9.50 Å². The smallest absolute Gasteiger partial charge is 0.261 e. The molecule has 0 N–H and O–H groups in total. The van der Waals surface area contributed by atoms with E-state index >= 15 is 0 Å². The summed E-state index contributed by atoms with van der Waals surface area (Å²) in [6.45, 7) is 0. The highest BCUT2D eigenvalue weighted by molar-refractivity contribution is 9.10. The lowest BCUT2D eigenvalue weighted by Crippen LogP contribution is -1.83. The molecule has 0 amide bonds. The van der Waals surface area contributed by atoms with Crippen molar-refractivity contribution in [1.82, 2.24) is 15.0 Å². The van der Waals surface area contributed by atoms with Gasteiger partial charge in [-0.2, -0.15) is 0 Å². The van der Waals surface area contributed by atoms with Gasteiger partial charge in [-0.25, -0.2) is 15.0 Å². The predicted molar refractivity (Wildman–Crippen MR) is 50.4 cm³/mol. The van der Waals surface area contributed by atoms with Crippen molar-refractivity contribution in [3.63, 3.8) is 0 Å². The summed E-state index contributed by atoms with van der Waals surface area (Å²) in [5.41, 5.74) is 0. The number of hydrogen-bond acceptors (Lipinski definition) is 5. The third-order valence-corrected chi connectivity index (χ3v) is 2.97. The Morgan fingerprint density at radius 2 is 2.31 bits per heavy atom. The molecule has 0 saturated heterocycles. The van der Waals surface area contributed by atoms with E-state index in [9.17, 15) is 0 Å². The lowest BCUT2D eigenvalue weighted by molar-refractivity contribution is 0.454. The first kappa shape index (κ1) is 8.71. The molecule has 0 fully saturated rings. The fourth-order valence-corrected chi connectivity index (χ4v) is 1.82. The molecule has 13 heavy (non-hydrogen) atoms. The van der Waals surface area contributed by atoms with Crippen LogP contribution in [-0.4, -0.2) is 15.0 Å². The summed E-state index contributed by atoms with van der Waals surface area (Å²) in [5, 5.41) is 1.36. The van der Waals surface area contributed by atoms with Gasteiger partial charge in [0.25, 0.3) is 5.22 Å². The summed E-state index contributed by atoms with van der Waals surface area (Å²) in [7, 11) is 0. The highest BCUT2D eigenvalue weighted by Crippen LogP contribution is 2.29. The van der Waals surface area contributed by atoms with Crippen molar-refractivity contribution in [2.75, 3.05) is 0 Å². The summed E-state index contributed by atoms with van der Waals surface area (Å²) in [4.78, 5) is 11.9. The van der Waals surface area contributed by atoms with Gasteiger partial charge in [-0.05, 0) is 27.7 Å². The number of aromatic nitrogens is 3. The molecular weight excluding hydrogens is 254 g/mol. The molecule has 66 valence electrons. The van der Waals surface area contributed by atoms with Gasteiger partial charge in [0.05, 0.1) is 10.7 Å². The Balaban J connectivity index is 2.24. The van der Waals surface area contributed by atoms with Crippen LogP contribution in [-0.2, 0) is 0 Å². The molecule has 0 spiro atoms. The largest absolute Gasteiger partial charge is 0.440 e. The van der Waals surface area contributed by atoms with Crippen LogP contribution in [0.2, 0.25) is 0 Å². The number of nitrogens with zero attached hydrogens (tertiary/aromatic N) is 3. The fourth-order valence-electron chi connectivity index (χ4n) is 0.720. The van der Waals surface area contributed by atoms with Crippen molar-refractivity contribution in [1.29, 1.82) is 0 Å². The second-order valence-corrected chi connectivity index (χ2v) is 3.87.